The van der Waals surface area contributed by atoms with Gasteiger partial charge in [0.25, 0.3) is 0 Å². The van der Waals surface area contributed by atoms with E-state index in [1.54, 1.807) is 17.1 Å². The molecule has 0 saturated carbocycles. The lowest BCUT2D eigenvalue weighted by molar-refractivity contribution is -0.124. The third-order valence-electron chi connectivity index (χ3n) is 3.60. The van der Waals surface area contributed by atoms with Crippen LogP contribution in [0.2, 0.25) is 0 Å². The van der Waals surface area contributed by atoms with Crippen molar-refractivity contribution in [1.82, 2.24) is 15.0 Å². The van der Waals surface area contributed by atoms with Gasteiger partial charge >= 0.3 is 0 Å². The number of hydrogen-bond donors (Lipinski definition) is 2. The van der Waals surface area contributed by atoms with Crippen molar-refractivity contribution in [2.24, 2.45) is 11.1 Å². The van der Waals surface area contributed by atoms with Crippen molar-refractivity contribution in [3.63, 3.8) is 0 Å². The van der Waals surface area contributed by atoms with Crippen molar-refractivity contribution in [3.05, 3.63) is 36.7 Å². The van der Waals surface area contributed by atoms with Gasteiger partial charge in [-0.2, -0.15) is 0 Å². The van der Waals surface area contributed by atoms with Gasteiger partial charge in [0.05, 0.1) is 29.2 Å². The lowest BCUT2D eigenvalue weighted by atomic mass is 9.86. The summed E-state index contributed by atoms with van der Waals surface area (Å²) in [6, 6.07) is 7.45. The molecule has 2 aromatic rings. The van der Waals surface area contributed by atoms with E-state index in [4.69, 9.17) is 5.73 Å². The molecule has 1 unspecified atom stereocenters. The van der Waals surface area contributed by atoms with Gasteiger partial charge < -0.3 is 11.1 Å². The lowest BCUT2D eigenvalue weighted by Crippen LogP contribution is -2.39. The molecule has 2 rings (SSSR count). The zero-order chi connectivity index (χ0) is 14.6. The van der Waals surface area contributed by atoms with Crippen LogP contribution in [0.3, 0.4) is 0 Å². The minimum Gasteiger partial charge on any atom is -0.329 e. The number of para-hydroxylation sites is 2. The van der Waals surface area contributed by atoms with E-state index in [0.29, 0.717) is 18.7 Å². The first kappa shape index (κ1) is 14.2. The minimum absolute atomic E-state index is 0.0879. The zero-order valence-corrected chi connectivity index (χ0v) is 11.7. The molecule has 1 atom stereocenters. The van der Waals surface area contributed by atoms with Gasteiger partial charge in [-0.05, 0) is 25.5 Å². The van der Waals surface area contributed by atoms with E-state index in [1.165, 1.54) is 0 Å². The Morgan fingerprint density at radius 1 is 1.45 bits per heavy atom. The quantitative estimate of drug-likeness (QED) is 0.866. The average molecular weight is 273 g/mol. The van der Waals surface area contributed by atoms with Gasteiger partial charge in [-0.15, -0.1) is 5.10 Å². The Morgan fingerprint density at radius 3 is 2.80 bits per heavy atom. The number of carbonyl (C=O) groups is 1. The van der Waals surface area contributed by atoms with Gasteiger partial charge in [0.15, 0.2) is 0 Å². The smallest absolute Gasteiger partial charge is 0.231 e. The zero-order valence-electron chi connectivity index (χ0n) is 11.7. The number of carbonyl (C=O) groups excluding carboxylic acids is 1. The molecule has 3 N–H and O–H groups in total. The second-order valence-corrected chi connectivity index (χ2v) is 4.94. The molecule has 0 aliphatic carbocycles. The summed E-state index contributed by atoms with van der Waals surface area (Å²) >= 11 is 0. The Labute approximate surface area is 118 Å². The van der Waals surface area contributed by atoms with E-state index in [-0.39, 0.29) is 5.91 Å². The van der Waals surface area contributed by atoms with Crippen LogP contribution in [0.15, 0.2) is 36.7 Å². The van der Waals surface area contributed by atoms with Gasteiger partial charge in [-0.25, -0.2) is 4.68 Å². The molecule has 1 aromatic heterocycles. The second-order valence-electron chi connectivity index (χ2n) is 4.94. The van der Waals surface area contributed by atoms with Gasteiger partial charge in [-0.1, -0.05) is 24.3 Å². The number of hydrogen-bond acceptors (Lipinski definition) is 4. The Morgan fingerprint density at radius 2 is 2.20 bits per heavy atom. The highest BCUT2D eigenvalue weighted by atomic mass is 16.2. The fraction of sp³-hybridized carbons (Fsp3) is 0.357. The van der Waals surface area contributed by atoms with Crippen molar-refractivity contribution >= 4 is 11.6 Å². The van der Waals surface area contributed by atoms with E-state index in [0.717, 1.165) is 5.69 Å². The van der Waals surface area contributed by atoms with Crippen molar-refractivity contribution in [2.75, 3.05) is 11.9 Å². The maximum Gasteiger partial charge on any atom is 0.231 e. The Bertz CT molecular complexity index is 575. The van der Waals surface area contributed by atoms with Crippen molar-refractivity contribution in [2.45, 2.75) is 20.3 Å². The Kier molecular flexibility index (Phi) is 4.14. The summed E-state index contributed by atoms with van der Waals surface area (Å²) < 4.78 is 1.61. The van der Waals surface area contributed by atoms with Crippen LogP contribution < -0.4 is 11.1 Å². The van der Waals surface area contributed by atoms with Crippen LogP contribution in [-0.2, 0) is 4.79 Å². The molecule has 0 aliphatic rings. The number of anilines is 1. The third-order valence-corrected chi connectivity index (χ3v) is 3.60. The summed E-state index contributed by atoms with van der Waals surface area (Å²) in [5.74, 6) is -0.0879. The summed E-state index contributed by atoms with van der Waals surface area (Å²) in [5, 5.41) is 10.7. The van der Waals surface area contributed by atoms with Crippen LogP contribution in [0.4, 0.5) is 5.69 Å². The molecule has 0 spiro atoms. The molecule has 0 radical (unpaired) electrons. The van der Waals surface area contributed by atoms with Gasteiger partial charge in [0, 0.05) is 6.54 Å². The molecule has 1 amide bonds. The Balaban J connectivity index is 2.29. The van der Waals surface area contributed by atoms with Crippen LogP contribution in [0.5, 0.6) is 0 Å². The van der Waals surface area contributed by atoms with E-state index in [2.05, 4.69) is 15.6 Å². The summed E-state index contributed by atoms with van der Waals surface area (Å²) in [5.41, 5.74) is 6.61. The molecule has 0 aliphatic heterocycles. The monoisotopic (exact) mass is 273 g/mol. The third kappa shape index (κ3) is 2.70. The largest absolute Gasteiger partial charge is 0.329 e. The number of benzene rings is 1. The normalized spacial score (nSPS) is 13.8. The van der Waals surface area contributed by atoms with E-state index in [1.807, 2.05) is 38.1 Å². The van der Waals surface area contributed by atoms with Gasteiger partial charge in [0.2, 0.25) is 5.91 Å². The first-order valence-electron chi connectivity index (χ1n) is 6.58. The van der Waals surface area contributed by atoms with E-state index in [9.17, 15) is 4.79 Å². The highest BCUT2D eigenvalue weighted by molar-refractivity contribution is 5.96. The maximum absolute atomic E-state index is 12.4. The number of amides is 1. The summed E-state index contributed by atoms with van der Waals surface area (Å²) in [6.45, 7) is 4.12. The second kappa shape index (κ2) is 5.83. The molecule has 0 bridgehead atoms. The molecule has 0 fully saturated rings. The van der Waals surface area contributed by atoms with Gasteiger partial charge in [-0.3, -0.25) is 4.79 Å². The van der Waals surface area contributed by atoms with E-state index >= 15 is 0 Å². The predicted octanol–water partition coefficient (Wildman–Crippen LogP) is 1.58. The minimum atomic E-state index is -0.574. The number of nitrogens with zero attached hydrogens (tertiary/aromatic N) is 3. The first-order valence-corrected chi connectivity index (χ1v) is 6.58. The van der Waals surface area contributed by atoms with Crippen LogP contribution in [0, 0.1) is 5.41 Å². The summed E-state index contributed by atoms with van der Waals surface area (Å²) in [4.78, 5) is 12.4. The SMILES string of the molecule is CCC(C)(CN)C(=O)Nc1ccccc1-n1ccnn1. The molecule has 6 heteroatoms. The van der Waals surface area contributed by atoms with Crippen LogP contribution in [0.1, 0.15) is 20.3 Å². The summed E-state index contributed by atoms with van der Waals surface area (Å²) in [7, 11) is 0. The standard InChI is InChI=1S/C14H19N5O/c1-3-14(2,10-15)13(20)17-11-6-4-5-7-12(11)19-9-8-16-18-19/h4-9H,3,10,15H2,1-2H3,(H,17,20). The van der Waals surface area contributed by atoms with Crippen molar-refractivity contribution in [1.29, 1.82) is 0 Å². The first-order chi connectivity index (χ1) is 9.60. The molecular weight excluding hydrogens is 254 g/mol. The van der Waals surface area contributed by atoms with Crippen LogP contribution in [0.25, 0.3) is 5.69 Å². The Hall–Kier alpha value is -2.21. The molecule has 20 heavy (non-hydrogen) atoms. The van der Waals surface area contributed by atoms with Crippen LogP contribution >= 0.6 is 0 Å². The average Bonchev–Trinajstić information content (AvgIpc) is 3.01. The molecular formula is C14H19N5O. The van der Waals surface area contributed by atoms with Gasteiger partial charge in [0.1, 0.15) is 0 Å². The number of rotatable bonds is 5. The molecule has 1 heterocycles. The van der Waals surface area contributed by atoms with Crippen molar-refractivity contribution < 1.29 is 4.79 Å². The highest BCUT2D eigenvalue weighted by Gasteiger charge is 2.30. The summed E-state index contributed by atoms with van der Waals surface area (Å²) in [6.07, 6.45) is 4.00. The molecule has 1 aromatic carbocycles. The lowest BCUT2D eigenvalue weighted by Gasteiger charge is -2.25. The highest BCUT2D eigenvalue weighted by Crippen LogP contribution is 2.25. The number of aromatic nitrogens is 3. The predicted molar refractivity (Wildman–Crippen MR) is 77.4 cm³/mol. The molecule has 106 valence electrons. The number of nitrogens with one attached hydrogen (secondary N) is 1. The number of nitrogens with two attached hydrogens (primary N) is 1. The fourth-order valence-corrected chi connectivity index (χ4v) is 1.79. The molecule has 0 saturated heterocycles. The topological polar surface area (TPSA) is 85.8 Å². The van der Waals surface area contributed by atoms with Crippen molar-refractivity contribution in [3.8, 4) is 5.69 Å². The fourth-order valence-electron chi connectivity index (χ4n) is 1.79. The maximum atomic E-state index is 12.4. The van der Waals surface area contributed by atoms with Crippen LogP contribution in [-0.4, -0.2) is 27.4 Å². The van der Waals surface area contributed by atoms with E-state index < -0.39 is 5.41 Å². The molecule has 6 nitrogen and oxygen atoms in total.